The first-order chi connectivity index (χ1) is 17.8. The quantitative estimate of drug-likeness (QED) is 0.383. The number of carbonyl (C=O) groups is 1. The number of halogens is 2. The molecule has 2 aromatic heterocycles. The molecule has 5 rings (SSSR count). The summed E-state index contributed by atoms with van der Waals surface area (Å²) in [6.07, 6.45) is 1.51. The van der Waals surface area contributed by atoms with E-state index in [4.69, 9.17) is 0 Å². The molecular formula is C27H21F2N3O3S2. The van der Waals surface area contributed by atoms with Crippen molar-refractivity contribution in [3.63, 3.8) is 0 Å². The van der Waals surface area contributed by atoms with E-state index in [1.54, 1.807) is 25.1 Å². The van der Waals surface area contributed by atoms with Crippen molar-refractivity contribution in [1.29, 1.82) is 0 Å². The standard InChI is InChI=1S/C27H21F2N3O3S2/c1-15-8-3-5-10-18(15)31-24(33)22-16(2)30-27-32(23(22)20-12-7-13-36-20)25(34)21(37-27)14-17-9-4-6-11-19(17)35-26(28)29/h3-14,23,26H,1-2H3,(H,31,33)/b21-14-. The van der Waals surface area contributed by atoms with Crippen LogP contribution in [-0.4, -0.2) is 17.1 Å². The lowest BCUT2D eigenvalue weighted by atomic mass is 10.0. The van der Waals surface area contributed by atoms with Crippen LogP contribution in [0.25, 0.3) is 6.08 Å². The molecule has 10 heteroatoms. The maximum Gasteiger partial charge on any atom is 0.387 e. The molecular weight excluding hydrogens is 516 g/mol. The highest BCUT2D eigenvalue weighted by Crippen LogP contribution is 2.33. The van der Waals surface area contributed by atoms with Gasteiger partial charge in [0.1, 0.15) is 11.8 Å². The molecule has 0 radical (unpaired) electrons. The third kappa shape index (κ3) is 4.90. The van der Waals surface area contributed by atoms with Crippen LogP contribution in [0.2, 0.25) is 0 Å². The number of thiophene rings is 1. The molecule has 0 aliphatic carbocycles. The zero-order valence-electron chi connectivity index (χ0n) is 19.8. The highest BCUT2D eigenvalue weighted by atomic mass is 32.1. The Hall–Kier alpha value is -3.89. The Bertz CT molecular complexity index is 1690. The summed E-state index contributed by atoms with van der Waals surface area (Å²) in [5.41, 5.74) is 2.41. The van der Waals surface area contributed by atoms with E-state index in [0.29, 0.717) is 31.9 Å². The Morgan fingerprint density at radius 3 is 2.59 bits per heavy atom. The first-order valence-corrected chi connectivity index (χ1v) is 13.0. The fourth-order valence-corrected chi connectivity index (χ4v) is 6.04. The number of allylic oxidation sites excluding steroid dienone is 1. The Balaban J connectivity index is 1.64. The summed E-state index contributed by atoms with van der Waals surface area (Å²) in [6.45, 7) is 0.653. The van der Waals surface area contributed by atoms with Gasteiger partial charge < -0.3 is 10.1 Å². The number of fused-ring (bicyclic) bond motifs is 1. The van der Waals surface area contributed by atoms with Crippen LogP contribution in [0.3, 0.4) is 0 Å². The fraction of sp³-hybridized carbons (Fsp3) is 0.148. The summed E-state index contributed by atoms with van der Waals surface area (Å²) in [5.74, 6) is -0.383. The SMILES string of the molecule is CC1=C(C(=O)Nc2ccccc2C)C(c2cccs2)n2c(s/c(=C\c3ccccc3OC(F)F)c2=O)=N1. The lowest BCUT2D eigenvalue weighted by Gasteiger charge is -2.24. The van der Waals surface area contributed by atoms with Gasteiger partial charge in [-0.1, -0.05) is 53.8 Å². The second-order valence-electron chi connectivity index (χ2n) is 8.28. The van der Waals surface area contributed by atoms with Gasteiger partial charge in [-0.15, -0.1) is 11.3 Å². The number of alkyl halides is 2. The van der Waals surface area contributed by atoms with Crippen LogP contribution in [0.15, 0.2) is 87.1 Å². The molecule has 0 saturated heterocycles. The molecule has 1 aliphatic rings. The summed E-state index contributed by atoms with van der Waals surface area (Å²) in [5, 5.41) is 4.85. The number of para-hydroxylation sites is 2. The van der Waals surface area contributed by atoms with Crippen LogP contribution in [0.1, 0.15) is 29.0 Å². The molecule has 1 amide bonds. The Labute approximate surface area is 218 Å². The summed E-state index contributed by atoms with van der Waals surface area (Å²) in [6, 6.07) is 16.8. The maximum absolute atomic E-state index is 13.7. The minimum Gasteiger partial charge on any atom is -0.434 e. The van der Waals surface area contributed by atoms with Gasteiger partial charge in [0.2, 0.25) is 0 Å². The van der Waals surface area contributed by atoms with Crippen molar-refractivity contribution in [1.82, 2.24) is 4.57 Å². The average molecular weight is 538 g/mol. The van der Waals surface area contributed by atoms with Gasteiger partial charge in [-0.2, -0.15) is 8.78 Å². The van der Waals surface area contributed by atoms with Gasteiger partial charge in [0.15, 0.2) is 4.80 Å². The van der Waals surface area contributed by atoms with Crippen molar-refractivity contribution < 1.29 is 18.3 Å². The van der Waals surface area contributed by atoms with Crippen LogP contribution in [0.5, 0.6) is 5.75 Å². The van der Waals surface area contributed by atoms with Gasteiger partial charge >= 0.3 is 6.61 Å². The monoisotopic (exact) mass is 537 g/mol. The van der Waals surface area contributed by atoms with E-state index in [0.717, 1.165) is 21.8 Å². The molecule has 0 saturated carbocycles. The number of ether oxygens (including phenoxy) is 1. The number of hydrogen-bond donors (Lipinski definition) is 1. The smallest absolute Gasteiger partial charge is 0.387 e. The number of carbonyl (C=O) groups excluding carboxylic acids is 1. The second kappa shape index (κ2) is 10.2. The fourth-order valence-electron chi connectivity index (χ4n) is 4.17. The first-order valence-electron chi connectivity index (χ1n) is 11.3. The zero-order chi connectivity index (χ0) is 26.1. The molecule has 188 valence electrons. The van der Waals surface area contributed by atoms with E-state index < -0.39 is 12.7 Å². The third-order valence-electron chi connectivity index (χ3n) is 5.89. The molecule has 4 aromatic rings. The van der Waals surface area contributed by atoms with E-state index in [-0.39, 0.29) is 17.2 Å². The van der Waals surface area contributed by atoms with Gasteiger partial charge in [-0.05, 0) is 49.1 Å². The van der Waals surface area contributed by atoms with Crippen LogP contribution < -0.4 is 24.9 Å². The van der Waals surface area contributed by atoms with Crippen molar-refractivity contribution in [2.75, 3.05) is 5.32 Å². The van der Waals surface area contributed by atoms with E-state index in [1.807, 2.05) is 48.7 Å². The summed E-state index contributed by atoms with van der Waals surface area (Å²) in [4.78, 5) is 33.1. The van der Waals surface area contributed by atoms with E-state index >= 15 is 0 Å². The number of rotatable bonds is 6. The molecule has 1 N–H and O–H groups in total. The highest BCUT2D eigenvalue weighted by Gasteiger charge is 2.33. The predicted octanol–water partition coefficient (Wildman–Crippen LogP) is 4.85. The first kappa shape index (κ1) is 24.8. The number of nitrogens with zero attached hydrogens (tertiary/aromatic N) is 2. The number of aryl methyl sites for hydroxylation is 1. The van der Waals surface area contributed by atoms with Crippen LogP contribution >= 0.6 is 22.7 Å². The zero-order valence-corrected chi connectivity index (χ0v) is 21.4. The van der Waals surface area contributed by atoms with E-state index in [2.05, 4.69) is 15.0 Å². The van der Waals surface area contributed by atoms with Gasteiger partial charge in [-0.3, -0.25) is 14.2 Å². The van der Waals surface area contributed by atoms with Crippen LogP contribution in [-0.2, 0) is 4.79 Å². The number of aromatic nitrogens is 1. The number of nitrogens with one attached hydrogen (secondary N) is 1. The van der Waals surface area contributed by atoms with Crippen LogP contribution in [0.4, 0.5) is 14.5 Å². The third-order valence-corrected chi connectivity index (χ3v) is 7.80. The minimum atomic E-state index is -2.99. The lowest BCUT2D eigenvalue weighted by molar-refractivity contribution is -0.113. The average Bonchev–Trinajstić information content (AvgIpc) is 3.49. The second-order valence-corrected chi connectivity index (χ2v) is 10.3. The lowest BCUT2D eigenvalue weighted by Crippen LogP contribution is -2.40. The van der Waals surface area contributed by atoms with Gasteiger partial charge in [0, 0.05) is 16.1 Å². The van der Waals surface area contributed by atoms with E-state index in [1.165, 1.54) is 28.0 Å². The van der Waals surface area contributed by atoms with Crippen molar-refractivity contribution in [3.8, 4) is 5.75 Å². The Morgan fingerprint density at radius 1 is 1.11 bits per heavy atom. The summed E-state index contributed by atoms with van der Waals surface area (Å²) >= 11 is 2.57. The van der Waals surface area contributed by atoms with Gasteiger partial charge in [-0.25, -0.2) is 4.99 Å². The Kier molecular flexibility index (Phi) is 6.86. The molecule has 0 spiro atoms. The number of thiazole rings is 1. The van der Waals surface area contributed by atoms with Crippen molar-refractivity contribution in [2.24, 2.45) is 4.99 Å². The maximum atomic E-state index is 13.7. The highest BCUT2D eigenvalue weighted by molar-refractivity contribution is 7.10. The van der Waals surface area contributed by atoms with Crippen molar-refractivity contribution in [3.05, 3.63) is 113 Å². The largest absolute Gasteiger partial charge is 0.434 e. The molecule has 2 aromatic carbocycles. The molecule has 1 unspecified atom stereocenters. The summed E-state index contributed by atoms with van der Waals surface area (Å²) in [7, 11) is 0. The number of benzene rings is 2. The number of anilines is 1. The molecule has 6 nitrogen and oxygen atoms in total. The Morgan fingerprint density at radius 2 is 1.86 bits per heavy atom. The predicted molar refractivity (Wildman–Crippen MR) is 141 cm³/mol. The molecule has 0 bridgehead atoms. The molecule has 0 fully saturated rings. The molecule has 1 atom stereocenters. The van der Waals surface area contributed by atoms with Crippen molar-refractivity contribution in [2.45, 2.75) is 26.5 Å². The normalized spacial score (nSPS) is 15.5. The van der Waals surface area contributed by atoms with Crippen LogP contribution in [0, 0.1) is 6.92 Å². The molecule has 3 heterocycles. The number of amides is 1. The molecule has 37 heavy (non-hydrogen) atoms. The minimum absolute atomic E-state index is 0.0346. The topological polar surface area (TPSA) is 72.7 Å². The summed E-state index contributed by atoms with van der Waals surface area (Å²) < 4.78 is 32.2. The number of hydrogen-bond acceptors (Lipinski definition) is 6. The molecule has 1 aliphatic heterocycles. The van der Waals surface area contributed by atoms with Gasteiger partial charge in [0.05, 0.1) is 15.8 Å². The van der Waals surface area contributed by atoms with Gasteiger partial charge in [0.25, 0.3) is 11.5 Å². The van der Waals surface area contributed by atoms with Crippen molar-refractivity contribution >= 4 is 40.3 Å². The van der Waals surface area contributed by atoms with E-state index in [9.17, 15) is 18.4 Å².